The van der Waals surface area contributed by atoms with Crippen LogP contribution >= 0.6 is 35.3 Å². The number of methoxy groups -OCH3 is 1. The van der Waals surface area contributed by atoms with Gasteiger partial charge in [0, 0.05) is 48.8 Å². The molecule has 0 spiro atoms. The molecule has 3 rings (SSSR count). The zero-order valence-corrected chi connectivity index (χ0v) is 15.4. The lowest BCUT2D eigenvalue weighted by atomic mass is 10.0. The van der Waals surface area contributed by atoms with Gasteiger partial charge in [-0.15, -0.1) is 23.7 Å². The third kappa shape index (κ3) is 4.00. The molecule has 24 heavy (non-hydrogen) atoms. The number of thiophene rings is 1. The van der Waals surface area contributed by atoms with Crippen molar-refractivity contribution in [3.05, 3.63) is 50.7 Å². The maximum Gasteiger partial charge on any atom is 0.134 e. The maximum atomic E-state index is 14.6. The molecular formula is C16H18Cl2F2N2OS. The van der Waals surface area contributed by atoms with Crippen LogP contribution in [0.5, 0.6) is 5.75 Å². The van der Waals surface area contributed by atoms with Gasteiger partial charge in [-0.2, -0.15) is 0 Å². The van der Waals surface area contributed by atoms with E-state index in [2.05, 4.69) is 10.2 Å². The van der Waals surface area contributed by atoms with Gasteiger partial charge in [0.05, 0.1) is 17.5 Å². The lowest BCUT2D eigenvalue weighted by Crippen LogP contribution is -2.45. The van der Waals surface area contributed by atoms with E-state index in [1.165, 1.54) is 30.6 Å². The van der Waals surface area contributed by atoms with Crippen molar-refractivity contribution in [1.29, 1.82) is 0 Å². The Kier molecular flexibility index (Phi) is 6.83. The van der Waals surface area contributed by atoms with Crippen LogP contribution in [0, 0.1) is 11.6 Å². The van der Waals surface area contributed by atoms with Crippen LogP contribution in [-0.2, 0) is 0 Å². The number of piperazine rings is 1. The molecule has 1 saturated heterocycles. The predicted molar refractivity (Wildman–Crippen MR) is 95.8 cm³/mol. The molecule has 132 valence electrons. The summed E-state index contributed by atoms with van der Waals surface area (Å²) in [5, 5.41) is 3.25. The zero-order chi connectivity index (χ0) is 16.4. The lowest BCUT2D eigenvalue weighted by Gasteiger charge is -2.35. The van der Waals surface area contributed by atoms with Crippen LogP contribution < -0.4 is 10.1 Å². The van der Waals surface area contributed by atoms with E-state index in [1.807, 2.05) is 6.07 Å². The predicted octanol–water partition coefficient (Wildman–Crippen LogP) is 4.10. The second-order valence-corrected chi connectivity index (χ2v) is 7.08. The second-order valence-electron chi connectivity index (χ2n) is 5.34. The van der Waals surface area contributed by atoms with Crippen LogP contribution in [0.4, 0.5) is 8.78 Å². The molecular weight excluding hydrogens is 377 g/mol. The standard InChI is InChI=1S/C16H17ClF2N2OS.ClH/c1-22-10-8-11(18)15(12(19)9-10)16(13-2-3-14(17)23-13)21-6-4-20-5-7-21;/h2-3,8-9,16,20H,4-7H2,1H3;1H/t16-;/m0./s1. The fraction of sp³-hybridized carbons (Fsp3) is 0.375. The summed E-state index contributed by atoms with van der Waals surface area (Å²) in [4.78, 5) is 2.91. The molecule has 1 N–H and O–H groups in total. The van der Waals surface area contributed by atoms with Gasteiger partial charge >= 0.3 is 0 Å². The van der Waals surface area contributed by atoms with Crippen LogP contribution in [0.2, 0.25) is 4.34 Å². The maximum absolute atomic E-state index is 14.6. The molecule has 0 amide bonds. The number of nitrogens with one attached hydrogen (secondary N) is 1. The molecule has 1 aromatic carbocycles. The van der Waals surface area contributed by atoms with E-state index < -0.39 is 17.7 Å². The van der Waals surface area contributed by atoms with Gasteiger partial charge in [-0.05, 0) is 12.1 Å². The Morgan fingerprint density at radius 3 is 2.33 bits per heavy atom. The van der Waals surface area contributed by atoms with Crippen molar-refractivity contribution in [2.24, 2.45) is 0 Å². The van der Waals surface area contributed by atoms with Gasteiger partial charge in [0.1, 0.15) is 17.4 Å². The highest BCUT2D eigenvalue weighted by atomic mass is 35.5. The first-order chi connectivity index (χ1) is 11.1. The van der Waals surface area contributed by atoms with Crippen molar-refractivity contribution in [2.75, 3.05) is 33.3 Å². The first kappa shape index (κ1) is 19.4. The van der Waals surface area contributed by atoms with E-state index in [4.69, 9.17) is 16.3 Å². The topological polar surface area (TPSA) is 24.5 Å². The van der Waals surface area contributed by atoms with Crippen LogP contribution in [-0.4, -0.2) is 38.2 Å². The molecule has 0 unspecified atom stereocenters. The third-order valence-corrected chi connectivity index (χ3v) is 5.23. The number of ether oxygens (including phenoxy) is 1. The number of halogens is 4. The fourth-order valence-corrected chi connectivity index (χ4v) is 4.07. The summed E-state index contributed by atoms with van der Waals surface area (Å²) in [7, 11) is 1.39. The van der Waals surface area contributed by atoms with Gasteiger partial charge in [0.2, 0.25) is 0 Å². The molecule has 2 aromatic rings. The molecule has 3 nitrogen and oxygen atoms in total. The van der Waals surface area contributed by atoms with Crippen molar-refractivity contribution < 1.29 is 13.5 Å². The van der Waals surface area contributed by atoms with Gasteiger partial charge < -0.3 is 10.1 Å². The summed E-state index contributed by atoms with van der Waals surface area (Å²) in [5.41, 5.74) is 0.0474. The summed E-state index contributed by atoms with van der Waals surface area (Å²) in [6, 6.07) is 5.56. The largest absolute Gasteiger partial charge is 0.497 e. The second kappa shape index (κ2) is 8.45. The Bertz CT molecular complexity index is 669. The summed E-state index contributed by atoms with van der Waals surface area (Å²) in [5.74, 6) is -1.03. The number of hydrogen-bond acceptors (Lipinski definition) is 4. The average molecular weight is 395 g/mol. The first-order valence-electron chi connectivity index (χ1n) is 7.33. The molecule has 0 saturated carbocycles. The van der Waals surface area contributed by atoms with Gasteiger partial charge in [-0.3, -0.25) is 4.90 Å². The Morgan fingerprint density at radius 1 is 1.21 bits per heavy atom. The highest BCUT2D eigenvalue weighted by molar-refractivity contribution is 7.16. The third-order valence-electron chi connectivity index (χ3n) is 3.94. The monoisotopic (exact) mass is 394 g/mol. The van der Waals surface area contributed by atoms with Crippen molar-refractivity contribution in [1.82, 2.24) is 10.2 Å². The summed E-state index contributed by atoms with van der Waals surface area (Å²) in [6.45, 7) is 3.00. The summed E-state index contributed by atoms with van der Waals surface area (Å²) < 4.78 is 34.8. The Labute approximate surface area is 155 Å². The minimum absolute atomic E-state index is 0. The zero-order valence-electron chi connectivity index (χ0n) is 13.0. The van der Waals surface area contributed by atoms with E-state index in [-0.39, 0.29) is 23.7 Å². The Balaban J connectivity index is 0.00000208. The summed E-state index contributed by atoms with van der Waals surface area (Å²) >= 11 is 7.39. The quantitative estimate of drug-likeness (QED) is 0.844. The van der Waals surface area contributed by atoms with E-state index in [1.54, 1.807) is 6.07 Å². The first-order valence-corrected chi connectivity index (χ1v) is 8.52. The molecule has 1 atom stereocenters. The number of hydrogen-bond donors (Lipinski definition) is 1. The Morgan fingerprint density at radius 2 is 1.83 bits per heavy atom. The molecule has 0 bridgehead atoms. The van der Waals surface area contributed by atoms with E-state index >= 15 is 0 Å². The van der Waals surface area contributed by atoms with E-state index in [0.29, 0.717) is 17.4 Å². The molecule has 1 fully saturated rings. The van der Waals surface area contributed by atoms with Crippen LogP contribution in [0.15, 0.2) is 24.3 Å². The summed E-state index contributed by atoms with van der Waals surface area (Å²) in [6.07, 6.45) is 0. The number of benzene rings is 1. The molecule has 0 aliphatic carbocycles. The highest BCUT2D eigenvalue weighted by Crippen LogP contribution is 2.38. The smallest absolute Gasteiger partial charge is 0.134 e. The van der Waals surface area contributed by atoms with Crippen LogP contribution in [0.1, 0.15) is 16.5 Å². The van der Waals surface area contributed by atoms with Gasteiger partial charge in [0.25, 0.3) is 0 Å². The molecule has 1 aromatic heterocycles. The van der Waals surface area contributed by atoms with Crippen molar-refractivity contribution >= 4 is 35.3 Å². The molecule has 8 heteroatoms. The van der Waals surface area contributed by atoms with E-state index in [0.717, 1.165) is 18.0 Å². The molecule has 0 radical (unpaired) electrons. The highest BCUT2D eigenvalue weighted by Gasteiger charge is 2.30. The van der Waals surface area contributed by atoms with Gasteiger partial charge in [0.15, 0.2) is 0 Å². The molecule has 2 heterocycles. The fourth-order valence-electron chi connectivity index (χ4n) is 2.86. The average Bonchev–Trinajstić information content (AvgIpc) is 2.97. The minimum atomic E-state index is -0.602. The SMILES string of the molecule is COc1cc(F)c([C@H](c2ccc(Cl)s2)N2CCNCC2)c(F)c1.Cl. The minimum Gasteiger partial charge on any atom is -0.497 e. The van der Waals surface area contributed by atoms with E-state index in [9.17, 15) is 8.78 Å². The van der Waals surface area contributed by atoms with Crippen molar-refractivity contribution in [3.63, 3.8) is 0 Å². The lowest BCUT2D eigenvalue weighted by molar-refractivity contribution is 0.194. The van der Waals surface area contributed by atoms with Gasteiger partial charge in [-0.1, -0.05) is 11.6 Å². The van der Waals surface area contributed by atoms with Crippen molar-refractivity contribution in [2.45, 2.75) is 6.04 Å². The van der Waals surface area contributed by atoms with Crippen molar-refractivity contribution in [3.8, 4) is 5.75 Å². The molecule has 1 aliphatic rings. The Hall–Kier alpha value is -0.920. The molecule has 1 aliphatic heterocycles. The van der Waals surface area contributed by atoms with Crippen LogP contribution in [0.25, 0.3) is 0 Å². The number of rotatable bonds is 4. The van der Waals surface area contributed by atoms with Crippen LogP contribution in [0.3, 0.4) is 0 Å². The van der Waals surface area contributed by atoms with Gasteiger partial charge in [-0.25, -0.2) is 8.78 Å². The number of nitrogens with zero attached hydrogens (tertiary/aromatic N) is 1. The normalized spacial score (nSPS) is 16.5.